The molecular formula is C20H18N6OS2. The van der Waals surface area contributed by atoms with E-state index in [1.54, 1.807) is 10.6 Å². The van der Waals surface area contributed by atoms with Crippen molar-refractivity contribution in [2.45, 2.75) is 20.8 Å². The fraction of sp³-hybridized carbons (Fsp3) is 0.150. The molecule has 0 radical (unpaired) electrons. The molecule has 0 spiro atoms. The van der Waals surface area contributed by atoms with Gasteiger partial charge in [0.25, 0.3) is 5.91 Å². The second kappa shape index (κ2) is 7.69. The van der Waals surface area contributed by atoms with Crippen LogP contribution in [0.25, 0.3) is 15.5 Å². The van der Waals surface area contributed by atoms with Gasteiger partial charge in [-0.05, 0) is 56.8 Å². The standard InChI is InChI=1S/C20H18N6OS2/c1-11-5-4-6-14(9-11)17(27)22-19(28)21-16-10-15(8-7-12(16)2)18-25-26-13(3)23-24-20(26)29-18/h4-10H,1-3H3,(H2,21,22,27,28). The highest BCUT2D eigenvalue weighted by molar-refractivity contribution is 7.80. The van der Waals surface area contributed by atoms with Crippen LogP contribution in [-0.2, 0) is 0 Å². The highest BCUT2D eigenvalue weighted by atomic mass is 32.1. The quantitative estimate of drug-likeness (QED) is 0.487. The molecule has 4 rings (SSSR count). The topological polar surface area (TPSA) is 84.2 Å². The third-order valence-electron chi connectivity index (χ3n) is 4.39. The number of carbonyl (C=O) groups excluding carboxylic acids is 1. The van der Waals surface area contributed by atoms with Crippen LogP contribution in [0.4, 0.5) is 5.69 Å². The molecule has 0 saturated carbocycles. The van der Waals surface area contributed by atoms with Gasteiger partial charge in [0.15, 0.2) is 10.9 Å². The van der Waals surface area contributed by atoms with E-state index in [4.69, 9.17) is 12.2 Å². The monoisotopic (exact) mass is 422 g/mol. The minimum Gasteiger partial charge on any atom is -0.332 e. The van der Waals surface area contributed by atoms with Crippen LogP contribution in [-0.4, -0.2) is 30.8 Å². The number of aryl methyl sites for hydroxylation is 3. The lowest BCUT2D eigenvalue weighted by atomic mass is 10.1. The van der Waals surface area contributed by atoms with Crippen molar-refractivity contribution in [1.82, 2.24) is 25.1 Å². The molecule has 0 unspecified atom stereocenters. The molecule has 2 N–H and O–H groups in total. The molecule has 7 nitrogen and oxygen atoms in total. The number of hydrogen-bond acceptors (Lipinski definition) is 6. The lowest BCUT2D eigenvalue weighted by Crippen LogP contribution is -2.34. The summed E-state index contributed by atoms with van der Waals surface area (Å²) in [6.07, 6.45) is 0. The molecule has 0 atom stereocenters. The molecule has 2 aromatic heterocycles. The Balaban J connectivity index is 1.53. The number of carbonyl (C=O) groups is 1. The summed E-state index contributed by atoms with van der Waals surface area (Å²) in [6, 6.07) is 13.3. The predicted octanol–water partition coefficient (Wildman–Crippen LogP) is 3.90. The van der Waals surface area contributed by atoms with Crippen LogP contribution in [0.5, 0.6) is 0 Å². The number of rotatable bonds is 3. The van der Waals surface area contributed by atoms with E-state index in [2.05, 4.69) is 25.9 Å². The third kappa shape index (κ3) is 4.01. The number of hydrogen-bond donors (Lipinski definition) is 2. The number of fused-ring (bicyclic) bond motifs is 1. The second-order valence-electron chi connectivity index (χ2n) is 6.66. The Morgan fingerprint density at radius 3 is 2.69 bits per heavy atom. The van der Waals surface area contributed by atoms with E-state index in [1.807, 2.05) is 57.2 Å². The van der Waals surface area contributed by atoms with Crippen molar-refractivity contribution in [3.05, 3.63) is 65.0 Å². The van der Waals surface area contributed by atoms with Crippen LogP contribution >= 0.6 is 23.6 Å². The molecular weight excluding hydrogens is 404 g/mol. The van der Waals surface area contributed by atoms with Crippen LogP contribution in [0.2, 0.25) is 0 Å². The Hall–Kier alpha value is -3.17. The number of thiocarbonyl (C=S) groups is 1. The predicted molar refractivity (Wildman–Crippen MR) is 118 cm³/mol. The maximum Gasteiger partial charge on any atom is 0.257 e. The van der Waals surface area contributed by atoms with E-state index in [-0.39, 0.29) is 11.0 Å². The normalized spacial score (nSPS) is 10.9. The molecule has 29 heavy (non-hydrogen) atoms. The van der Waals surface area contributed by atoms with E-state index in [1.165, 1.54) is 11.3 Å². The summed E-state index contributed by atoms with van der Waals surface area (Å²) in [4.78, 5) is 13.2. The average molecular weight is 423 g/mol. The second-order valence-corrected chi connectivity index (χ2v) is 8.02. The molecule has 9 heteroatoms. The summed E-state index contributed by atoms with van der Waals surface area (Å²) in [5.74, 6) is 0.497. The molecule has 0 saturated heterocycles. The summed E-state index contributed by atoms with van der Waals surface area (Å²) < 4.78 is 1.72. The molecule has 0 fully saturated rings. The minimum absolute atomic E-state index is 0.241. The molecule has 4 aromatic rings. The van der Waals surface area contributed by atoms with Gasteiger partial charge in [0.05, 0.1) is 0 Å². The van der Waals surface area contributed by atoms with Gasteiger partial charge in [-0.1, -0.05) is 41.2 Å². The largest absolute Gasteiger partial charge is 0.332 e. The maximum absolute atomic E-state index is 12.4. The maximum atomic E-state index is 12.4. The Morgan fingerprint density at radius 2 is 1.93 bits per heavy atom. The van der Waals surface area contributed by atoms with Gasteiger partial charge in [-0.2, -0.15) is 9.61 Å². The first-order valence-electron chi connectivity index (χ1n) is 8.89. The molecule has 0 aliphatic heterocycles. The Kier molecular flexibility index (Phi) is 5.08. The van der Waals surface area contributed by atoms with Crippen LogP contribution in [0, 0.1) is 20.8 Å². The molecule has 146 valence electrons. The minimum atomic E-state index is -0.246. The fourth-order valence-electron chi connectivity index (χ4n) is 2.84. The highest BCUT2D eigenvalue weighted by Crippen LogP contribution is 2.29. The Labute approximate surface area is 176 Å². The molecule has 0 aliphatic rings. The number of aromatic nitrogens is 4. The van der Waals surface area contributed by atoms with Crippen molar-refractivity contribution >= 4 is 45.2 Å². The van der Waals surface area contributed by atoms with Gasteiger partial charge in [0, 0.05) is 16.8 Å². The summed E-state index contributed by atoms with van der Waals surface area (Å²) in [5.41, 5.74) is 4.32. The van der Waals surface area contributed by atoms with E-state index in [0.29, 0.717) is 5.56 Å². The Morgan fingerprint density at radius 1 is 1.10 bits per heavy atom. The van der Waals surface area contributed by atoms with Crippen molar-refractivity contribution in [3.8, 4) is 10.6 Å². The zero-order valence-corrected chi connectivity index (χ0v) is 17.7. The van der Waals surface area contributed by atoms with E-state index in [9.17, 15) is 4.79 Å². The molecule has 1 amide bonds. The smallest absolute Gasteiger partial charge is 0.257 e. The van der Waals surface area contributed by atoms with Crippen molar-refractivity contribution in [2.75, 3.05) is 5.32 Å². The van der Waals surface area contributed by atoms with Crippen LogP contribution in [0.1, 0.15) is 27.3 Å². The molecule has 0 aliphatic carbocycles. The average Bonchev–Trinajstić information content (AvgIpc) is 3.26. The Bertz CT molecular complexity index is 1240. The summed E-state index contributed by atoms with van der Waals surface area (Å²) >= 11 is 6.80. The SMILES string of the molecule is Cc1cccc(C(=O)NC(=S)Nc2cc(-c3nn4c(C)nnc4s3)ccc2C)c1. The summed E-state index contributed by atoms with van der Waals surface area (Å²) in [5, 5.41) is 19.6. The lowest BCUT2D eigenvalue weighted by molar-refractivity contribution is 0.0977. The molecule has 2 heterocycles. The fourth-order valence-corrected chi connectivity index (χ4v) is 3.92. The van der Waals surface area contributed by atoms with E-state index >= 15 is 0 Å². The third-order valence-corrected chi connectivity index (χ3v) is 5.54. The highest BCUT2D eigenvalue weighted by Gasteiger charge is 2.13. The van der Waals surface area contributed by atoms with E-state index < -0.39 is 0 Å². The summed E-state index contributed by atoms with van der Waals surface area (Å²) in [7, 11) is 0. The van der Waals surface area contributed by atoms with Crippen LogP contribution < -0.4 is 10.6 Å². The van der Waals surface area contributed by atoms with Gasteiger partial charge in [-0.3, -0.25) is 10.1 Å². The first-order valence-corrected chi connectivity index (χ1v) is 10.1. The number of benzene rings is 2. The molecule has 2 aromatic carbocycles. The van der Waals surface area contributed by atoms with Gasteiger partial charge < -0.3 is 5.32 Å². The van der Waals surface area contributed by atoms with Crippen LogP contribution in [0.3, 0.4) is 0 Å². The van der Waals surface area contributed by atoms with Gasteiger partial charge in [0.1, 0.15) is 5.01 Å². The van der Waals surface area contributed by atoms with Crippen molar-refractivity contribution in [3.63, 3.8) is 0 Å². The van der Waals surface area contributed by atoms with Crippen LogP contribution in [0.15, 0.2) is 42.5 Å². The van der Waals surface area contributed by atoms with Crippen molar-refractivity contribution in [1.29, 1.82) is 0 Å². The number of nitrogens with one attached hydrogen (secondary N) is 2. The molecule has 0 bridgehead atoms. The van der Waals surface area contributed by atoms with Gasteiger partial charge >= 0.3 is 0 Å². The van der Waals surface area contributed by atoms with Crippen molar-refractivity contribution in [2.24, 2.45) is 0 Å². The zero-order valence-electron chi connectivity index (χ0n) is 16.1. The van der Waals surface area contributed by atoms with Gasteiger partial charge in [-0.25, -0.2) is 0 Å². The lowest BCUT2D eigenvalue weighted by Gasteiger charge is -2.13. The summed E-state index contributed by atoms with van der Waals surface area (Å²) in [6.45, 7) is 5.77. The van der Waals surface area contributed by atoms with Crippen molar-refractivity contribution < 1.29 is 4.79 Å². The number of nitrogens with zero attached hydrogens (tertiary/aromatic N) is 4. The zero-order chi connectivity index (χ0) is 20.5. The number of anilines is 1. The van der Waals surface area contributed by atoms with Gasteiger partial charge in [0.2, 0.25) is 4.96 Å². The van der Waals surface area contributed by atoms with Gasteiger partial charge in [-0.15, -0.1) is 10.2 Å². The first kappa shape index (κ1) is 19.2. The first-order chi connectivity index (χ1) is 13.9. The van der Waals surface area contributed by atoms with E-state index in [0.717, 1.165) is 38.2 Å². The number of amides is 1.